The molecular formula is C20H22N4. The first-order valence-corrected chi connectivity index (χ1v) is 8.50. The van der Waals surface area contributed by atoms with Gasteiger partial charge in [0.1, 0.15) is 12.1 Å². The van der Waals surface area contributed by atoms with Gasteiger partial charge < -0.3 is 9.80 Å². The molecule has 2 aromatic carbocycles. The van der Waals surface area contributed by atoms with Crippen molar-refractivity contribution in [3.63, 3.8) is 0 Å². The Labute approximate surface area is 142 Å². The van der Waals surface area contributed by atoms with Crippen molar-refractivity contribution in [3.8, 4) is 0 Å². The predicted molar refractivity (Wildman–Crippen MR) is 99.9 cm³/mol. The van der Waals surface area contributed by atoms with Crippen molar-refractivity contribution in [2.75, 3.05) is 36.0 Å². The minimum Gasteiger partial charge on any atom is -0.368 e. The van der Waals surface area contributed by atoms with E-state index in [1.54, 1.807) is 6.33 Å². The standard InChI is InChI=1S/C20H22N4/c1-15-6-5-9-19(16(15)2)23-10-12-24(13-11-23)20-17-7-3-4-8-18(17)21-14-22-20/h3-9,14H,10-13H2,1-2H3. The summed E-state index contributed by atoms with van der Waals surface area (Å²) < 4.78 is 0. The molecule has 0 atom stereocenters. The van der Waals surface area contributed by atoms with Gasteiger partial charge in [-0.15, -0.1) is 0 Å². The van der Waals surface area contributed by atoms with E-state index < -0.39 is 0 Å². The zero-order valence-electron chi connectivity index (χ0n) is 14.2. The smallest absolute Gasteiger partial charge is 0.140 e. The lowest BCUT2D eigenvalue weighted by Crippen LogP contribution is -2.47. The van der Waals surface area contributed by atoms with E-state index in [-0.39, 0.29) is 0 Å². The molecule has 24 heavy (non-hydrogen) atoms. The molecule has 0 N–H and O–H groups in total. The Hall–Kier alpha value is -2.62. The minimum atomic E-state index is 0.981. The van der Waals surface area contributed by atoms with Crippen LogP contribution in [-0.4, -0.2) is 36.1 Å². The van der Waals surface area contributed by atoms with Crippen molar-refractivity contribution in [2.45, 2.75) is 13.8 Å². The van der Waals surface area contributed by atoms with Gasteiger partial charge in [-0.25, -0.2) is 9.97 Å². The molecule has 0 radical (unpaired) electrons. The average Bonchev–Trinajstić information content (AvgIpc) is 2.64. The van der Waals surface area contributed by atoms with Gasteiger partial charge in [-0.3, -0.25) is 0 Å². The number of anilines is 2. The highest BCUT2D eigenvalue weighted by atomic mass is 15.3. The van der Waals surface area contributed by atoms with Crippen LogP contribution in [0.25, 0.3) is 10.9 Å². The summed E-state index contributed by atoms with van der Waals surface area (Å²) in [5.74, 6) is 1.06. The summed E-state index contributed by atoms with van der Waals surface area (Å²) in [5.41, 5.74) is 5.12. The molecular weight excluding hydrogens is 296 g/mol. The summed E-state index contributed by atoms with van der Waals surface area (Å²) in [5, 5.41) is 1.14. The quantitative estimate of drug-likeness (QED) is 0.723. The van der Waals surface area contributed by atoms with Crippen LogP contribution in [0.15, 0.2) is 48.8 Å². The van der Waals surface area contributed by atoms with Gasteiger partial charge in [0, 0.05) is 37.3 Å². The Kier molecular flexibility index (Phi) is 3.81. The third kappa shape index (κ3) is 2.58. The molecule has 4 nitrogen and oxygen atoms in total. The van der Waals surface area contributed by atoms with Gasteiger partial charge in [-0.05, 0) is 43.2 Å². The van der Waals surface area contributed by atoms with Crippen molar-refractivity contribution in [1.82, 2.24) is 9.97 Å². The average molecular weight is 318 g/mol. The molecule has 0 spiro atoms. The Bertz CT molecular complexity index is 861. The highest BCUT2D eigenvalue weighted by Crippen LogP contribution is 2.27. The molecule has 122 valence electrons. The van der Waals surface area contributed by atoms with Crippen molar-refractivity contribution in [3.05, 3.63) is 59.9 Å². The largest absolute Gasteiger partial charge is 0.368 e. The van der Waals surface area contributed by atoms with Gasteiger partial charge in [0.2, 0.25) is 0 Å². The number of hydrogen-bond donors (Lipinski definition) is 0. The number of nitrogens with zero attached hydrogens (tertiary/aromatic N) is 4. The van der Waals surface area contributed by atoms with Crippen molar-refractivity contribution in [2.24, 2.45) is 0 Å². The Morgan fingerprint density at radius 2 is 1.54 bits per heavy atom. The van der Waals surface area contributed by atoms with Crippen molar-refractivity contribution in [1.29, 1.82) is 0 Å². The molecule has 1 aliphatic heterocycles. The van der Waals surface area contributed by atoms with Crippen LogP contribution in [0.2, 0.25) is 0 Å². The lowest BCUT2D eigenvalue weighted by molar-refractivity contribution is 0.647. The summed E-state index contributed by atoms with van der Waals surface area (Å²) >= 11 is 0. The van der Waals surface area contributed by atoms with E-state index >= 15 is 0 Å². The number of para-hydroxylation sites is 1. The van der Waals surface area contributed by atoms with Gasteiger partial charge in [-0.2, -0.15) is 0 Å². The van der Waals surface area contributed by atoms with Crippen molar-refractivity contribution >= 4 is 22.4 Å². The Morgan fingerprint density at radius 1 is 0.792 bits per heavy atom. The predicted octanol–water partition coefficient (Wildman–Crippen LogP) is 3.57. The first kappa shape index (κ1) is 14.9. The van der Waals surface area contributed by atoms with Gasteiger partial charge in [-0.1, -0.05) is 24.3 Å². The molecule has 4 rings (SSSR count). The maximum absolute atomic E-state index is 4.56. The lowest BCUT2D eigenvalue weighted by Gasteiger charge is -2.37. The molecule has 1 saturated heterocycles. The number of rotatable bonds is 2. The van der Waals surface area contributed by atoms with Gasteiger partial charge in [0.05, 0.1) is 5.52 Å². The second-order valence-corrected chi connectivity index (χ2v) is 6.41. The highest BCUT2D eigenvalue weighted by Gasteiger charge is 2.21. The second-order valence-electron chi connectivity index (χ2n) is 6.41. The molecule has 0 saturated carbocycles. The van der Waals surface area contributed by atoms with Gasteiger partial charge >= 0.3 is 0 Å². The van der Waals surface area contributed by atoms with E-state index in [1.807, 2.05) is 12.1 Å². The number of aryl methyl sites for hydroxylation is 1. The monoisotopic (exact) mass is 318 g/mol. The Morgan fingerprint density at radius 3 is 2.38 bits per heavy atom. The van der Waals surface area contributed by atoms with E-state index in [0.29, 0.717) is 0 Å². The van der Waals surface area contributed by atoms with E-state index in [9.17, 15) is 0 Å². The van der Waals surface area contributed by atoms with Crippen LogP contribution in [0.5, 0.6) is 0 Å². The van der Waals surface area contributed by atoms with Crippen LogP contribution in [0.1, 0.15) is 11.1 Å². The SMILES string of the molecule is Cc1cccc(N2CCN(c3ncnc4ccccc34)CC2)c1C. The summed E-state index contributed by atoms with van der Waals surface area (Å²) in [6.07, 6.45) is 1.68. The molecule has 1 fully saturated rings. The maximum Gasteiger partial charge on any atom is 0.140 e. The summed E-state index contributed by atoms with van der Waals surface area (Å²) in [6.45, 7) is 8.39. The molecule has 0 bridgehead atoms. The fourth-order valence-corrected chi connectivity index (χ4v) is 3.48. The molecule has 0 amide bonds. The van der Waals surface area contributed by atoms with Crippen LogP contribution < -0.4 is 9.80 Å². The molecule has 3 aromatic rings. The molecule has 1 aliphatic rings. The zero-order chi connectivity index (χ0) is 16.5. The molecule has 1 aromatic heterocycles. The number of fused-ring (bicyclic) bond motifs is 1. The van der Waals surface area contributed by atoms with Crippen LogP contribution in [0.3, 0.4) is 0 Å². The molecule has 0 unspecified atom stereocenters. The highest BCUT2D eigenvalue weighted by molar-refractivity contribution is 5.89. The summed E-state index contributed by atoms with van der Waals surface area (Å²) in [6, 6.07) is 14.8. The molecule has 4 heteroatoms. The second kappa shape index (κ2) is 6.11. The van der Waals surface area contributed by atoms with Crippen molar-refractivity contribution < 1.29 is 0 Å². The fourth-order valence-electron chi connectivity index (χ4n) is 3.48. The third-order valence-corrected chi connectivity index (χ3v) is 5.02. The number of piperazine rings is 1. The maximum atomic E-state index is 4.56. The molecule has 2 heterocycles. The Balaban J connectivity index is 1.57. The first-order chi connectivity index (χ1) is 11.7. The zero-order valence-corrected chi connectivity index (χ0v) is 14.2. The normalized spacial score (nSPS) is 15.1. The summed E-state index contributed by atoms with van der Waals surface area (Å²) in [4.78, 5) is 13.8. The topological polar surface area (TPSA) is 32.3 Å². The number of aromatic nitrogens is 2. The summed E-state index contributed by atoms with van der Waals surface area (Å²) in [7, 11) is 0. The van der Waals surface area contributed by atoms with Crippen LogP contribution in [-0.2, 0) is 0 Å². The minimum absolute atomic E-state index is 0.981. The van der Waals surface area contributed by atoms with E-state index in [0.717, 1.165) is 42.9 Å². The van der Waals surface area contributed by atoms with E-state index in [4.69, 9.17) is 0 Å². The lowest BCUT2D eigenvalue weighted by atomic mass is 10.1. The molecule has 0 aliphatic carbocycles. The fraction of sp³-hybridized carbons (Fsp3) is 0.300. The third-order valence-electron chi connectivity index (χ3n) is 5.02. The number of hydrogen-bond acceptors (Lipinski definition) is 4. The van der Waals surface area contributed by atoms with Crippen LogP contribution >= 0.6 is 0 Å². The first-order valence-electron chi connectivity index (χ1n) is 8.50. The van der Waals surface area contributed by atoms with Crippen LogP contribution in [0, 0.1) is 13.8 Å². The van der Waals surface area contributed by atoms with E-state index in [2.05, 4.69) is 63.9 Å². The van der Waals surface area contributed by atoms with Crippen LogP contribution in [0.4, 0.5) is 11.5 Å². The number of benzene rings is 2. The van der Waals surface area contributed by atoms with E-state index in [1.165, 1.54) is 16.8 Å². The van der Waals surface area contributed by atoms with Gasteiger partial charge in [0.15, 0.2) is 0 Å². The van der Waals surface area contributed by atoms with Gasteiger partial charge in [0.25, 0.3) is 0 Å².